The van der Waals surface area contributed by atoms with Gasteiger partial charge < -0.3 is 10.4 Å². The van der Waals surface area contributed by atoms with E-state index in [9.17, 15) is 9.90 Å². The average Bonchev–Trinajstić information content (AvgIpc) is 2.30. The SMILES string of the molecule is CCC(CC)C(C)NC(=O)c1cncc(O)c1. The molecule has 4 nitrogen and oxygen atoms in total. The highest BCUT2D eigenvalue weighted by Crippen LogP contribution is 2.14. The van der Waals surface area contributed by atoms with Gasteiger partial charge in [-0.1, -0.05) is 26.7 Å². The summed E-state index contributed by atoms with van der Waals surface area (Å²) in [5.74, 6) is 0.296. The number of hydrogen-bond donors (Lipinski definition) is 2. The van der Waals surface area contributed by atoms with Crippen LogP contribution in [0.25, 0.3) is 0 Å². The molecule has 0 radical (unpaired) electrons. The molecule has 1 heterocycles. The van der Waals surface area contributed by atoms with Gasteiger partial charge in [-0.25, -0.2) is 0 Å². The molecule has 0 fully saturated rings. The Bertz CT molecular complexity index is 375. The van der Waals surface area contributed by atoms with Gasteiger partial charge in [0.2, 0.25) is 0 Å². The highest BCUT2D eigenvalue weighted by atomic mass is 16.3. The third-order valence-corrected chi connectivity index (χ3v) is 3.10. The van der Waals surface area contributed by atoms with Gasteiger partial charge in [-0.2, -0.15) is 0 Å². The van der Waals surface area contributed by atoms with E-state index in [1.165, 1.54) is 18.5 Å². The lowest BCUT2D eigenvalue weighted by atomic mass is 9.95. The molecule has 0 aliphatic carbocycles. The third-order valence-electron chi connectivity index (χ3n) is 3.10. The van der Waals surface area contributed by atoms with Crippen molar-refractivity contribution in [1.82, 2.24) is 10.3 Å². The molecule has 2 N–H and O–H groups in total. The third kappa shape index (κ3) is 3.73. The maximum atomic E-state index is 11.9. The van der Waals surface area contributed by atoms with E-state index in [0.717, 1.165) is 12.8 Å². The summed E-state index contributed by atoms with van der Waals surface area (Å²) in [5, 5.41) is 12.2. The highest BCUT2D eigenvalue weighted by molar-refractivity contribution is 5.94. The first kappa shape index (κ1) is 13.5. The molecule has 1 aromatic heterocycles. The normalized spacial score (nSPS) is 12.5. The Morgan fingerprint density at radius 1 is 1.41 bits per heavy atom. The minimum Gasteiger partial charge on any atom is -0.506 e. The number of aromatic hydroxyl groups is 1. The highest BCUT2D eigenvalue weighted by Gasteiger charge is 2.16. The summed E-state index contributed by atoms with van der Waals surface area (Å²) in [6, 6.07) is 1.54. The zero-order valence-electron chi connectivity index (χ0n) is 10.6. The molecule has 0 aliphatic rings. The number of aromatic nitrogens is 1. The minimum absolute atomic E-state index is 0.00726. The molecule has 0 spiro atoms. The van der Waals surface area contributed by atoms with Crippen molar-refractivity contribution in [2.24, 2.45) is 5.92 Å². The molecule has 4 heteroatoms. The number of rotatable bonds is 5. The fourth-order valence-electron chi connectivity index (χ4n) is 1.96. The molecule has 0 aromatic carbocycles. The Balaban J connectivity index is 2.66. The Morgan fingerprint density at radius 3 is 2.59 bits per heavy atom. The zero-order valence-corrected chi connectivity index (χ0v) is 10.6. The van der Waals surface area contributed by atoms with Crippen LogP contribution in [0.1, 0.15) is 44.0 Å². The first-order chi connectivity index (χ1) is 8.08. The second-order valence-electron chi connectivity index (χ2n) is 4.27. The number of nitrogens with zero attached hydrogens (tertiary/aromatic N) is 1. The van der Waals surface area contributed by atoms with Crippen LogP contribution in [-0.2, 0) is 0 Å². The molecule has 1 aromatic rings. The zero-order chi connectivity index (χ0) is 12.8. The van der Waals surface area contributed by atoms with Gasteiger partial charge in [-0.05, 0) is 18.9 Å². The van der Waals surface area contributed by atoms with Crippen molar-refractivity contribution in [2.45, 2.75) is 39.7 Å². The van der Waals surface area contributed by atoms with Gasteiger partial charge in [0.05, 0.1) is 11.8 Å². The van der Waals surface area contributed by atoms with Crippen LogP contribution in [0, 0.1) is 5.92 Å². The van der Waals surface area contributed by atoms with E-state index < -0.39 is 0 Å². The number of carbonyl (C=O) groups is 1. The summed E-state index contributed by atoms with van der Waals surface area (Å²) in [6.07, 6.45) is 4.84. The van der Waals surface area contributed by atoms with Gasteiger partial charge in [0, 0.05) is 12.2 Å². The van der Waals surface area contributed by atoms with Crippen molar-refractivity contribution < 1.29 is 9.90 Å². The Morgan fingerprint density at radius 2 is 2.06 bits per heavy atom. The van der Waals surface area contributed by atoms with Crippen LogP contribution in [0.2, 0.25) is 0 Å². The van der Waals surface area contributed by atoms with E-state index in [2.05, 4.69) is 24.1 Å². The van der Waals surface area contributed by atoms with E-state index >= 15 is 0 Å². The van der Waals surface area contributed by atoms with Crippen molar-refractivity contribution in [2.75, 3.05) is 0 Å². The van der Waals surface area contributed by atoms with Crippen molar-refractivity contribution >= 4 is 5.91 Å². The minimum atomic E-state index is -0.187. The van der Waals surface area contributed by atoms with Crippen LogP contribution in [0.3, 0.4) is 0 Å². The maximum Gasteiger partial charge on any atom is 0.253 e. The van der Waals surface area contributed by atoms with E-state index in [1.807, 2.05) is 6.92 Å². The van der Waals surface area contributed by atoms with Crippen molar-refractivity contribution in [1.29, 1.82) is 0 Å². The van der Waals surface area contributed by atoms with E-state index in [1.54, 1.807) is 0 Å². The molecular formula is C13H20N2O2. The van der Waals surface area contributed by atoms with Crippen molar-refractivity contribution in [3.05, 3.63) is 24.0 Å². The first-order valence-electron chi connectivity index (χ1n) is 6.03. The van der Waals surface area contributed by atoms with Gasteiger partial charge in [0.25, 0.3) is 5.91 Å². The number of carbonyl (C=O) groups excluding carboxylic acids is 1. The predicted molar refractivity (Wildman–Crippen MR) is 66.9 cm³/mol. The van der Waals surface area contributed by atoms with Crippen molar-refractivity contribution in [3.8, 4) is 5.75 Å². The van der Waals surface area contributed by atoms with Gasteiger partial charge in [0.1, 0.15) is 5.75 Å². The number of amides is 1. The molecule has 1 atom stereocenters. The Kier molecular flexibility index (Phi) is 4.94. The van der Waals surface area contributed by atoms with Gasteiger partial charge in [-0.15, -0.1) is 0 Å². The smallest absolute Gasteiger partial charge is 0.253 e. The second-order valence-corrected chi connectivity index (χ2v) is 4.27. The van der Waals surface area contributed by atoms with E-state index in [-0.39, 0.29) is 17.7 Å². The van der Waals surface area contributed by atoms with E-state index in [0.29, 0.717) is 11.5 Å². The number of hydrogen-bond acceptors (Lipinski definition) is 3. The fourth-order valence-corrected chi connectivity index (χ4v) is 1.96. The standard InChI is InChI=1S/C13H20N2O2/c1-4-10(5-2)9(3)15-13(17)11-6-12(16)8-14-7-11/h6-10,16H,4-5H2,1-3H3,(H,15,17). The van der Waals surface area contributed by atoms with Crippen LogP contribution in [0.15, 0.2) is 18.5 Å². The molecule has 0 aliphatic heterocycles. The lowest BCUT2D eigenvalue weighted by molar-refractivity contribution is 0.0924. The molecule has 1 unspecified atom stereocenters. The average molecular weight is 236 g/mol. The summed E-state index contributed by atoms with van der Waals surface area (Å²) in [6.45, 7) is 6.24. The monoisotopic (exact) mass is 236 g/mol. The van der Waals surface area contributed by atoms with Crippen molar-refractivity contribution in [3.63, 3.8) is 0 Å². The van der Waals surface area contributed by atoms with E-state index in [4.69, 9.17) is 0 Å². The topological polar surface area (TPSA) is 62.2 Å². The summed E-state index contributed by atoms with van der Waals surface area (Å²) >= 11 is 0. The largest absolute Gasteiger partial charge is 0.506 e. The molecule has 1 amide bonds. The lowest BCUT2D eigenvalue weighted by Gasteiger charge is -2.22. The van der Waals surface area contributed by atoms with Crippen LogP contribution in [0.5, 0.6) is 5.75 Å². The molecule has 0 saturated heterocycles. The summed E-state index contributed by atoms with van der Waals surface area (Å²) in [4.78, 5) is 15.7. The predicted octanol–water partition coefficient (Wildman–Crippen LogP) is 2.34. The van der Waals surface area contributed by atoms with Crippen LogP contribution < -0.4 is 5.32 Å². The molecule has 1 rings (SSSR count). The van der Waals surface area contributed by atoms with Crippen LogP contribution in [-0.4, -0.2) is 22.0 Å². The number of pyridine rings is 1. The summed E-state index contributed by atoms with van der Waals surface area (Å²) in [7, 11) is 0. The van der Waals surface area contributed by atoms with Gasteiger partial charge in [-0.3, -0.25) is 9.78 Å². The summed E-state index contributed by atoms with van der Waals surface area (Å²) < 4.78 is 0. The molecule has 94 valence electrons. The van der Waals surface area contributed by atoms with Gasteiger partial charge >= 0.3 is 0 Å². The summed E-state index contributed by atoms with van der Waals surface area (Å²) in [5.41, 5.74) is 0.391. The molecule has 17 heavy (non-hydrogen) atoms. The molecular weight excluding hydrogens is 216 g/mol. The Labute approximate surface area is 102 Å². The Hall–Kier alpha value is -1.58. The maximum absolute atomic E-state index is 11.9. The fraction of sp³-hybridized carbons (Fsp3) is 0.538. The lowest BCUT2D eigenvalue weighted by Crippen LogP contribution is -2.37. The number of nitrogens with one attached hydrogen (secondary N) is 1. The van der Waals surface area contributed by atoms with Gasteiger partial charge in [0.15, 0.2) is 0 Å². The molecule has 0 saturated carbocycles. The second kappa shape index (κ2) is 6.23. The van der Waals surface area contributed by atoms with Crippen LogP contribution >= 0.6 is 0 Å². The molecule has 0 bridgehead atoms. The van der Waals surface area contributed by atoms with Crippen LogP contribution in [0.4, 0.5) is 0 Å². The quantitative estimate of drug-likeness (QED) is 0.824. The first-order valence-corrected chi connectivity index (χ1v) is 6.03.